The fourth-order valence-corrected chi connectivity index (χ4v) is 3.38. The Balaban J connectivity index is 1.91. The van der Waals surface area contributed by atoms with Crippen LogP contribution in [-0.2, 0) is 0 Å². The number of rotatable bonds is 2. The molecule has 0 saturated heterocycles. The maximum absolute atomic E-state index is 12.9. The number of amides is 2. The number of anilines is 1. The van der Waals surface area contributed by atoms with E-state index in [0.29, 0.717) is 32.6 Å². The molecular weight excluding hydrogens is 361 g/mol. The van der Waals surface area contributed by atoms with Crippen molar-refractivity contribution in [3.63, 3.8) is 0 Å². The monoisotopic (exact) mass is 369 g/mol. The maximum Gasteiger partial charge on any atom is 0.265 e. The number of hydrogen-bond acceptors (Lipinski definition) is 3. The molecule has 0 spiro atoms. The lowest BCUT2D eigenvalue weighted by Crippen LogP contribution is -2.40. The third-order valence-electron chi connectivity index (χ3n) is 4.21. The molecule has 0 saturated carbocycles. The SMILES string of the molecule is O=C(Cl)c1ccc(N2C(=O)c3cccc4c(Cl)ccc(c34)C2=O)cc1. The number of carbonyl (C=O) groups is 3. The highest BCUT2D eigenvalue weighted by atomic mass is 35.5. The summed E-state index contributed by atoms with van der Waals surface area (Å²) in [6.07, 6.45) is 0. The standard InChI is InChI=1S/C19H9Cl2NO3/c20-15-9-8-14-16-12(15)2-1-3-13(16)18(24)22(19(14)25)11-6-4-10(5-7-11)17(21)23/h1-9H. The third-order valence-corrected chi connectivity index (χ3v) is 4.75. The smallest absolute Gasteiger partial charge is 0.265 e. The van der Waals surface area contributed by atoms with Crippen molar-refractivity contribution < 1.29 is 14.4 Å². The Hall–Kier alpha value is -2.69. The second kappa shape index (κ2) is 5.69. The van der Waals surface area contributed by atoms with Crippen molar-refractivity contribution in [1.82, 2.24) is 0 Å². The zero-order valence-corrected chi connectivity index (χ0v) is 14.1. The van der Waals surface area contributed by atoms with Crippen molar-refractivity contribution in [2.75, 3.05) is 4.90 Å². The van der Waals surface area contributed by atoms with E-state index in [4.69, 9.17) is 23.2 Å². The van der Waals surface area contributed by atoms with Gasteiger partial charge in [-0.1, -0.05) is 23.7 Å². The summed E-state index contributed by atoms with van der Waals surface area (Å²) in [6, 6.07) is 14.4. The highest BCUT2D eigenvalue weighted by Crippen LogP contribution is 2.35. The van der Waals surface area contributed by atoms with Crippen LogP contribution in [0.3, 0.4) is 0 Å². The molecule has 0 unspecified atom stereocenters. The van der Waals surface area contributed by atoms with Gasteiger partial charge in [-0.05, 0) is 54.1 Å². The normalized spacial score (nSPS) is 13.4. The average molecular weight is 370 g/mol. The lowest BCUT2D eigenvalue weighted by atomic mass is 9.93. The molecule has 25 heavy (non-hydrogen) atoms. The van der Waals surface area contributed by atoms with Gasteiger partial charge in [0.15, 0.2) is 0 Å². The molecule has 122 valence electrons. The van der Waals surface area contributed by atoms with Crippen molar-refractivity contribution in [3.8, 4) is 0 Å². The van der Waals surface area contributed by atoms with Gasteiger partial charge in [-0.15, -0.1) is 0 Å². The van der Waals surface area contributed by atoms with E-state index < -0.39 is 17.1 Å². The second-order valence-corrected chi connectivity index (χ2v) is 6.34. The van der Waals surface area contributed by atoms with Crippen LogP contribution in [0.15, 0.2) is 54.6 Å². The van der Waals surface area contributed by atoms with Crippen LogP contribution >= 0.6 is 23.2 Å². The van der Waals surface area contributed by atoms with Crippen molar-refractivity contribution >= 4 is 56.7 Å². The largest absolute Gasteiger partial charge is 0.276 e. The van der Waals surface area contributed by atoms with Crippen molar-refractivity contribution in [3.05, 3.63) is 76.3 Å². The summed E-state index contributed by atoms with van der Waals surface area (Å²) in [7, 11) is 0. The molecule has 4 nitrogen and oxygen atoms in total. The van der Waals surface area contributed by atoms with Crippen LogP contribution in [0.2, 0.25) is 5.02 Å². The first-order chi connectivity index (χ1) is 12.0. The van der Waals surface area contributed by atoms with E-state index in [1.165, 1.54) is 24.3 Å². The van der Waals surface area contributed by atoms with Crippen molar-refractivity contribution in [2.45, 2.75) is 0 Å². The summed E-state index contributed by atoms with van der Waals surface area (Å²) < 4.78 is 0. The fourth-order valence-electron chi connectivity index (χ4n) is 3.04. The highest BCUT2D eigenvalue weighted by molar-refractivity contribution is 6.67. The van der Waals surface area contributed by atoms with Gasteiger partial charge in [0.05, 0.1) is 5.69 Å². The molecule has 1 aliphatic rings. The molecule has 0 bridgehead atoms. The van der Waals surface area contributed by atoms with Crippen LogP contribution in [0.4, 0.5) is 5.69 Å². The first-order valence-electron chi connectivity index (χ1n) is 7.39. The Kier molecular flexibility index (Phi) is 3.60. The molecule has 1 aliphatic heterocycles. The van der Waals surface area contributed by atoms with Gasteiger partial charge in [0, 0.05) is 32.5 Å². The molecule has 0 aliphatic carbocycles. The van der Waals surface area contributed by atoms with E-state index >= 15 is 0 Å². The molecule has 0 radical (unpaired) electrons. The summed E-state index contributed by atoms with van der Waals surface area (Å²) in [4.78, 5) is 38.1. The lowest BCUT2D eigenvalue weighted by Gasteiger charge is -2.27. The summed E-state index contributed by atoms with van der Waals surface area (Å²) in [5.41, 5.74) is 1.48. The molecule has 0 N–H and O–H groups in total. The van der Waals surface area contributed by atoms with Crippen LogP contribution in [0.1, 0.15) is 31.1 Å². The number of benzene rings is 3. The molecule has 6 heteroatoms. The predicted molar refractivity (Wildman–Crippen MR) is 96.7 cm³/mol. The van der Waals surface area contributed by atoms with E-state index in [1.54, 1.807) is 30.3 Å². The molecule has 3 aromatic carbocycles. The van der Waals surface area contributed by atoms with Gasteiger partial charge in [0.1, 0.15) is 0 Å². The number of carbonyl (C=O) groups excluding carboxylic acids is 3. The zero-order chi connectivity index (χ0) is 17.7. The number of nitrogens with zero attached hydrogens (tertiary/aromatic N) is 1. The molecular formula is C19H9Cl2NO3. The van der Waals surface area contributed by atoms with E-state index in [1.807, 2.05) is 0 Å². The van der Waals surface area contributed by atoms with Crippen LogP contribution in [0.25, 0.3) is 10.8 Å². The first kappa shape index (κ1) is 15.8. The van der Waals surface area contributed by atoms with Gasteiger partial charge >= 0.3 is 0 Å². The summed E-state index contributed by atoms with van der Waals surface area (Å²) >= 11 is 11.6. The summed E-state index contributed by atoms with van der Waals surface area (Å²) in [5.74, 6) is -0.870. The van der Waals surface area contributed by atoms with E-state index in [9.17, 15) is 14.4 Å². The Labute approximate surface area is 152 Å². The molecule has 0 fully saturated rings. The van der Waals surface area contributed by atoms with Gasteiger partial charge in [-0.3, -0.25) is 14.4 Å². The highest BCUT2D eigenvalue weighted by Gasteiger charge is 2.34. The number of halogens is 2. The van der Waals surface area contributed by atoms with Gasteiger partial charge < -0.3 is 0 Å². The van der Waals surface area contributed by atoms with Crippen LogP contribution in [0, 0.1) is 0 Å². The minimum absolute atomic E-state index is 0.289. The Morgan fingerprint density at radius 2 is 1.48 bits per heavy atom. The Morgan fingerprint density at radius 1 is 0.840 bits per heavy atom. The third kappa shape index (κ3) is 2.34. The molecule has 4 rings (SSSR count). The van der Waals surface area contributed by atoms with Gasteiger partial charge in [0.2, 0.25) is 0 Å². The summed E-state index contributed by atoms with van der Waals surface area (Å²) in [5, 5.41) is 1.11. The van der Waals surface area contributed by atoms with Crippen LogP contribution < -0.4 is 4.90 Å². The number of hydrogen-bond donors (Lipinski definition) is 0. The van der Waals surface area contributed by atoms with Gasteiger partial charge in [-0.25, -0.2) is 4.90 Å². The number of imide groups is 1. The Morgan fingerprint density at radius 3 is 2.12 bits per heavy atom. The molecule has 2 amide bonds. The van der Waals surface area contributed by atoms with Gasteiger partial charge in [-0.2, -0.15) is 0 Å². The van der Waals surface area contributed by atoms with Gasteiger partial charge in [0.25, 0.3) is 17.1 Å². The molecule has 0 atom stereocenters. The molecule has 0 aromatic heterocycles. The minimum Gasteiger partial charge on any atom is -0.276 e. The first-order valence-corrected chi connectivity index (χ1v) is 8.14. The Bertz CT molecular complexity index is 1050. The topological polar surface area (TPSA) is 54.5 Å². The van der Waals surface area contributed by atoms with Crippen LogP contribution in [-0.4, -0.2) is 17.1 Å². The lowest BCUT2D eigenvalue weighted by molar-refractivity contribution is 0.0893. The predicted octanol–water partition coefficient (Wildman–Crippen LogP) is 4.67. The molecule has 3 aromatic rings. The quantitative estimate of drug-likeness (QED) is 0.487. The second-order valence-electron chi connectivity index (χ2n) is 5.59. The van der Waals surface area contributed by atoms with Crippen molar-refractivity contribution in [2.24, 2.45) is 0 Å². The maximum atomic E-state index is 12.9. The van der Waals surface area contributed by atoms with E-state index in [2.05, 4.69) is 0 Å². The molecule has 1 heterocycles. The average Bonchev–Trinajstić information content (AvgIpc) is 2.61. The van der Waals surface area contributed by atoms with E-state index in [0.717, 1.165) is 4.90 Å². The fraction of sp³-hybridized carbons (Fsp3) is 0. The van der Waals surface area contributed by atoms with Crippen LogP contribution in [0.5, 0.6) is 0 Å². The van der Waals surface area contributed by atoms with E-state index in [-0.39, 0.29) is 5.56 Å². The zero-order valence-electron chi connectivity index (χ0n) is 12.6. The summed E-state index contributed by atoms with van der Waals surface area (Å²) in [6.45, 7) is 0. The van der Waals surface area contributed by atoms with Crippen molar-refractivity contribution in [1.29, 1.82) is 0 Å². The minimum atomic E-state index is -0.604.